The average Bonchev–Trinajstić information content (AvgIpc) is 2.35. The maximum atomic E-state index is 12.0. The summed E-state index contributed by atoms with van der Waals surface area (Å²) in [5.41, 5.74) is 8.03. The Morgan fingerprint density at radius 2 is 1.95 bits per heavy atom. The monoisotopic (exact) mass is 292 g/mol. The summed E-state index contributed by atoms with van der Waals surface area (Å²) in [4.78, 5) is 26.8. The Morgan fingerprint density at radius 3 is 2.43 bits per heavy atom. The molecule has 112 valence electrons. The maximum Gasteiger partial charge on any atom is 0.414 e. The van der Waals surface area contributed by atoms with Crippen molar-refractivity contribution in [1.82, 2.24) is 0 Å². The van der Waals surface area contributed by atoms with E-state index in [1.807, 2.05) is 0 Å². The van der Waals surface area contributed by atoms with Crippen molar-refractivity contribution < 1.29 is 19.4 Å². The van der Waals surface area contributed by atoms with Crippen LogP contribution in [0.3, 0.4) is 0 Å². The van der Waals surface area contributed by atoms with E-state index in [0.717, 1.165) is 4.90 Å². The molecule has 8 nitrogen and oxygen atoms in total. The second kappa shape index (κ2) is 6.15. The zero-order valence-electron chi connectivity index (χ0n) is 12.2. The van der Waals surface area contributed by atoms with Crippen LogP contribution in [0.2, 0.25) is 0 Å². The van der Waals surface area contributed by atoms with Crippen molar-refractivity contribution in [1.29, 1.82) is 0 Å². The molecule has 0 aliphatic carbocycles. The van der Waals surface area contributed by atoms with Gasteiger partial charge in [0.1, 0.15) is 5.60 Å². The van der Waals surface area contributed by atoms with Crippen LogP contribution >= 0.6 is 0 Å². The number of nitrogens with zero attached hydrogens (tertiary/aromatic N) is 4. The lowest BCUT2D eigenvalue weighted by Crippen LogP contribution is -2.34. The first-order valence-corrected chi connectivity index (χ1v) is 6.04. The molecule has 0 saturated heterocycles. The average molecular weight is 292 g/mol. The number of carbonyl (C=O) groups is 2. The van der Waals surface area contributed by atoms with Gasteiger partial charge >= 0.3 is 12.1 Å². The number of amides is 1. The molecule has 1 amide bonds. The Labute approximate surface area is 121 Å². The number of aromatic carboxylic acids is 1. The second-order valence-electron chi connectivity index (χ2n) is 5.27. The van der Waals surface area contributed by atoms with Gasteiger partial charge < -0.3 is 9.84 Å². The van der Waals surface area contributed by atoms with Crippen LogP contribution in [-0.2, 0) is 4.74 Å². The largest absolute Gasteiger partial charge is 0.478 e. The van der Waals surface area contributed by atoms with E-state index in [1.165, 1.54) is 25.2 Å². The van der Waals surface area contributed by atoms with Crippen LogP contribution in [0.25, 0.3) is 10.4 Å². The molecule has 0 aliphatic heterocycles. The van der Waals surface area contributed by atoms with Crippen molar-refractivity contribution in [3.05, 3.63) is 34.2 Å². The molecule has 0 aromatic heterocycles. The van der Waals surface area contributed by atoms with Crippen molar-refractivity contribution in [3.8, 4) is 0 Å². The van der Waals surface area contributed by atoms with Crippen molar-refractivity contribution >= 4 is 23.4 Å². The number of carboxylic acids is 1. The first-order chi connectivity index (χ1) is 9.64. The molecule has 1 N–H and O–H groups in total. The number of hydrogen-bond donors (Lipinski definition) is 1. The number of ether oxygens (including phenoxy) is 1. The van der Waals surface area contributed by atoms with Crippen molar-refractivity contribution in [2.75, 3.05) is 11.9 Å². The van der Waals surface area contributed by atoms with Crippen LogP contribution in [-0.4, -0.2) is 29.8 Å². The van der Waals surface area contributed by atoms with Crippen LogP contribution in [0.1, 0.15) is 31.1 Å². The van der Waals surface area contributed by atoms with E-state index in [0.29, 0.717) is 0 Å². The second-order valence-corrected chi connectivity index (χ2v) is 5.27. The predicted octanol–water partition coefficient (Wildman–Crippen LogP) is 3.70. The number of azide groups is 1. The molecule has 1 aromatic rings. The Bertz CT molecular complexity index is 595. The predicted molar refractivity (Wildman–Crippen MR) is 76.8 cm³/mol. The Hall–Kier alpha value is -2.73. The van der Waals surface area contributed by atoms with E-state index < -0.39 is 17.7 Å². The lowest BCUT2D eigenvalue weighted by atomic mass is 10.1. The van der Waals surface area contributed by atoms with E-state index in [-0.39, 0.29) is 16.9 Å². The Balaban J connectivity index is 3.19. The molecule has 0 heterocycles. The van der Waals surface area contributed by atoms with Crippen molar-refractivity contribution in [2.45, 2.75) is 26.4 Å². The molecule has 21 heavy (non-hydrogen) atoms. The van der Waals surface area contributed by atoms with Crippen molar-refractivity contribution in [2.24, 2.45) is 5.11 Å². The van der Waals surface area contributed by atoms with E-state index in [9.17, 15) is 9.59 Å². The molecular weight excluding hydrogens is 276 g/mol. The van der Waals surface area contributed by atoms with Gasteiger partial charge in [-0.15, -0.1) is 0 Å². The Kier molecular flexibility index (Phi) is 4.78. The first-order valence-electron chi connectivity index (χ1n) is 6.04. The summed E-state index contributed by atoms with van der Waals surface area (Å²) in [5.74, 6) is -1.19. The number of carbonyl (C=O) groups excluding carboxylic acids is 1. The van der Waals surface area contributed by atoms with Gasteiger partial charge in [0.2, 0.25) is 0 Å². The van der Waals surface area contributed by atoms with Crippen molar-refractivity contribution in [3.63, 3.8) is 0 Å². The topological polar surface area (TPSA) is 116 Å². The quantitative estimate of drug-likeness (QED) is 0.519. The molecule has 0 aliphatic rings. The highest BCUT2D eigenvalue weighted by atomic mass is 16.6. The number of hydrogen-bond acceptors (Lipinski definition) is 4. The number of benzene rings is 1. The van der Waals surface area contributed by atoms with E-state index in [4.69, 9.17) is 15.4 Å². The fraction of sp³-hybridized carbons (Fsp3) is 0.385. The third kappa shape index (κ3) is 4.70. The molecule has 0 atom stereocenters. The summed E-state index contributed by atoms with van der Waals surface area (Å²) in [6.07, 6.45) is -0.642. The number of rotatable bonds is 3. The molecule has 0 radical (unpaired) electrons. The third-order valence-corrected chi connectivity index (χ3v) is 2.36. The first kappa shape index (κ1) is 16.3. The fourth-order valence-electron chi connectivity index (χ4n) is 1.46. The molecule has 8 heteroatoms. The molecular formula is C13H16N4O4. The van der Waals surface area contributed by atoms with Gasteiger partial charge in [-0.05, 0) is 44.5 Å². The minimum atomic E-state index is -1.19. The molecule has 1 rings (SSSR count). The number of carboxylic acid groups (broad SMARTS) is 1. The van der Waals surface area contributed by atoms with Crippen LogP contribution in [0, 0.1) is 0 Å². The summed E-state index contributed by atoms with van der Waals surface area (Å²) >= 11 is 0. The minimum absolute atomic E-state index is 0.0923. The lowest BCUT2D eigenvalue weighted by Gasteiger charge is -2.25. The zero-order chi connectivity index (χ0) is 16.2. The van der Waals surface area contributed by atoms with Gasteiger partial charge in [0.15, 0.2) is 0 Å². The van der Waals surface area contributed by atoms with Gasteiger partial charge in [0.25, 0.3) is 0 Å². The summed E-state index contributed by atoms with van der Waals surface area (Å²) < 4.78 is 5.19. The third-order valence-electron chi connectivity index (χ3n) is 2.36. The highest BCUT2D eigenvalue weighted by Crippen LogP contribution is 2.25. The van der Waals surface area contributed by atoms with Crippen LogP contribution in [0.5, 0.6) is 0 Å². The van der Waals surface area contributed by atoms with Gasteiger partial charge in [-0.1, -0.05) is 5.11 Å². The maximum absolute atomic E-state index is 12.0. The fourth-order valence-corrected chi connectivity index (χ4v) is 1.46. The molecule has 0 unspecified atom stereocenters. The molecule has 1 aromatic carbocycles. The smallest absolute Gasteiger partial charge is 0.414 e. The SMILES string of the molecule is CN(C(=O)OC(C)(C)C)c1cc(N=[N+]=[N-])cc(C(=O)O)c1. The summed E-state index contributed by atoms with van der Waals surface area (Å²) in [6.45, 7) is 5.16. The Morgan fingerprint density at radius 1 is 1.33 bits per heavy atom. The molecule has 0 spiro atoms. The molecule has 0 bridgehead atoms. The van der Waals surface area contributed by atoms with E-state index in [2.05, 4.69) is 10.0 Å². The summed E-state index contributed by atoms with van der Waals surface area (Å²) in [7, 11) is 1.44. The van der Waals surface area contributed by atoms with Crippen LogP contribution in [0.15, 0.2) is 23.3 Å². The normalized spacial score (nSPS) is 10.5. The highest BCUT2D eigenvalue weighted by Gasteiger charge is 2.21. The van der Waals surface area contributed by atoms with Gasteiger partial charge in [-0.3, -0.25) is 4.90 Å². The van der Waals surface area contributed by atoms with Gasteiger partial charge in [0, 0.05) is 23.3 Å². The lowest BCUT2D eigenvalue weighted by molar-refractivity contribution is 0.0587. The highest BCUT2D eigenvalue weighted by molar-refractivity contribution is 5.93. The standard InChI is InChI=1S/C13H16N4O4/c1-13(2,3)21-12(20)17(4)10-6-8(11(18)19)5-9(7-10)15-16-14/h5-7H,1-4H3,(H,18,19). The zero-order valence-corrected chi connectivity index (χ0v) is 12.2. The van der Waals surface area contributed by atoms with Crippen LogP contribution in [0.4, 0.5) is 16.2 Å². The van der Waals surface area contributed by atoms with E-state index in [1.54, 1.807) is 20.8 Å². The number of anilines is 1. The van der Waals surface area contributed by atoms with E-state index >= 15 is 0 Å². The van der Waals surface area contributed by atoms with Gasteiger partial charge in [-0.2, -0.15) is 0 Å². The molecule has 0 fully saturated rings. The summed E-state index contributed by atoms with van der Waals surface area (Å²) in [6, 6.07) is 3.91. The van der Waals surface area contributed by atoms with Gasteiger partial charge in [-0.25, -0.2) is 9.59 Å². The minimum Gasteiger partial charge on any atom is -0.478 e. The summed E-state index contributed by atoms with van der Waals surface area (Å²) in [5, 5.41) is 12.4. The molecule has 0 saturated carbocycles. The van der Waals surface area contributed by atoms with Gasteiger partial charge in [0.05, 0.1) is 5.56 Å². The van der Waals surface area contributed by atoms with Crippen LogP contribution < -0.4 is 4.90 Å².